The molecule has 0 fully saturated rings. The van der Waals surface area contributed by atoms with E-state index in [0.29, 0.717) is 16.3 Å². The van der Waals surface area contributed by atoms with Crippen LogP contribution in [0, 0.1) is 6.92 Å². The maximum absolute atomic E-state index is 12.0. The molecular weight excluding hydrogens is 274 g/mol. The van der Waals surface area contributed by atoms with Crippen molar-refractivity contribution in [2.24, 2.45) is 0 Å². The number of thiazole rings is 1. The van der Waals surface area contributed by atoms with Gasteiger partial charge in [-0.15, -0.1) is 22.9 Å². The molecule has 0 aliphatic rings. The van der Waals surface area contributed by atoms with E-state index in [4.69, 9.17) is 11.6 Å². The third-order valence-electron chi connectivity index (χ3n) is 2.61. The van der Waals surface area contributed by atoms with Crippen molar-refractivity contribution in [1.29, 1.82) is 0 Å². The monoisotopic (exact) mass is 285 g/mol. The first kappa shape index (κ1) is 13.0. The van der Waals surface area contributed by atoms with Gasteiger partial charge in [0, 0.05) is 18.0 Å². The van der Waals surface area contributed by atoms with Crippen molar-refractivity contribution < 1.29 is 4.79 Å². The summed E-state index contributed by atoms with van der Waals surface area (Å²) in [6, 6.07) is 1.40. The molecule has 0 radical (unpaired) electrons. The number of carbonyl (C=O) groups is 1. The van der Waals surface area contributed by atoms with Crippen LogP contribution in [0.3, 0.4) is 0 Å². The number of nitrogens with zero attached hydrogens (tertiary/aromatic N) is 2. The van der Waals surface area contributed by atoms with Crippen molar-refractivity contribution in [3.05, 3.63) is 32.7 Å². The average molecular weight is 286 g/mol. The van der Waals surface area contributed by atoms with E-state index in [-0.39, 0.29) is 23.8 Å². The van der Waals surface area contributed by atoms with Crippen molar-refractivity contribution in [3.63, 3.8) is 0 Å². The molecule has 2 aromatic rings. The molecule has 2 aromatic heterocycles. The molecule has 0 spiro atoms. The fourth-order valence-corrected chi connectivity index (χ4v) is 2.84. The summed E-state index contributed by atoms with van der Waals surface area (Å²) < 4.78 is 1.48. The maximum Gasteiger partial charge on any atom is 0.259 e. The minimum Gasteiger partial charge on any atom is -0.359 e. The zero-order valence-corrected chi connectivity index (χ0v) is 11.6. The van der Waals surface area contributed by atoms with Gasteiger partial charge < -0.3 is 5.32 Å². The lowest BCUT2D eigenvalue weighted by Gasteiger charge is -2.02. The first-order valence-electron chi connectivity index (χ1n) is 5.34. The summed E-state index contributed by atoms with van der Waals surface area (Å²) >= 11 is 7.07. The Bertz CT molecular complexity index is 662. The van der Waals surface area contributed by atoms with Crippen molar-refractivity contribution in [2.75, 3.05) is 7.05 Å². The van der Waals surface area contributed by atoms with Gasteiger partial charge in [-0.1, -0.05) is 0 Å². The van der Waals surface area contributed by atoms with Crippen LogP contribution in [0.2, 0.25) is 0 Å². The molecule has 1 N–H and O–H groups in total. The zero-order valence-electron chi connectivity index (χ0n) is 9.99. The van der Waals surface area contributed by atoms with E-state index in [1.165, 1.54) is 21.8 Å². The highest BCUT2D eigenvalue weighted by atomic mass is 35.5. The van der Waals surface area contributed by atoms with E-state index < -0.39 is 0 Å². The first-order valence-corrected chi connectivity index (χ1v) is 6.69. The van der Waals surface area contributed by atoms with Crippen LogP contribution in [0.25, 0.3) is 4.96 Å². The highest BCUT2D eigenvalue weighted by Gasteiger charge is 2.15. The number of hydrogen-bond donors (Lipinski definition) is 1. The summed E-state index contributed by atoms with van der Waals surface area (Å²) in [7, 11) is 1.57. The van der Waals surface area contributed by atoms with Gasteiger partial charge in [-0.25, -0.2) is 4.98 Å². The molecular formula is C11H12ClN3O2S. The normalized spacial score (nSPS) is 10.8. The van der Waals surface area contributed by atoms with Gasteiger partial charge in [0.2, 0.25) is 5.91 Å². The molecule has 2 rings (SSSR count). The smallest absolute Gasteiger partial charge is 0.259 e. The van der Waals surface area contributed by atoms with Crippen LogP contribution in [0.4, 0.5) is 0 Å². The van der Waals surface area contributed by atoms with E-state index in [1.54, 1.807) is 7.05 Å². The minimum atomic E-state index is -0.195. The van der Waals surface area contributed by atoms with Crippen molar-refractivity contribution >= 4 is 33.8 Å². The largest absolute Gasteiger partial charge is 0.359 e. The standard InChI is InChI=1S/C11H12ClN3O2S/c1-6-8(4-9(16)13-2)15-10(17)3-7(5-12)14-11(15)18-6/h3H,4-5H2,1-2H3,(H,13,16). The van der Waals surface area contributed by atoms with Gasteiger partial charge in [0.1, 0.15) is 0 Å². The number of aryl methyl sites for hydroxylation is 1. The van der Waals surface area contributed by atoms with Crippen molar-refractivity contribution in [3.8, 4) is 0 Å². The predicted octanol–water partition coefficient (Wildman–Crippen LogP) is 1.09. The molecule has 96 valence electrons. The molecule has 18 heavy (non-hydrogen) atoms. The fraction of sp³-hybridized carbons (Fsp3) is 0.364. The van der Waals surface area contributed by atoms with Crippen molar-refractivity contribution in [2.45, 2.75) is 19.2 Å². The lowest BCUT2D eigenvalue weighted by Crippen LogP contribution is -2.24. The average Bonchev–Trinajstić information content (AvgIpc) is 2.65. The Kier molecular flexibility index (Phi) is 3.68. The highest BCUT2D eigenvalue weighted by molar-refractivity contribution is 7.17. The Hall–Kier alpha value is -1.40. The van der Waals surface area contributed by atoms with E-state index in [1.807, 2.05) is 6.92 Å². The molecule has 0 aliphatic carbocycles. The number of likely N-dealkylation sites (N-methyl/N-ethyl adjacent to an activating group) is 1. The van der Waals surface area contributed by atoms with Gasteiger partial charge >= 0.3 is 0 Å². The molecule has 0 aromatic carbocycles. The van der Waals surface area contributed by atoms with Crippen LogP contribution in [0.5, 0.6) is 0 Å². The zero-order chi connectivity index (χ0) is 13.3. The van der Waals surface area contributed by atoms with Crippen LogP contribution in [0.1, 0.15) is 16.3 Å². The SMILES string of the molecule is CNC(=O)Cc1c(C)sc2nc(CCl)cc(=O)n12. The molecule has 2 heterocycles. The Balaban J connectivity index is 2.64. The second kappa shape index (κ2) is 5.07. The Morgan fingerprint density at radius 1 is 1.61 bits per heavy atom. The molecule has 0 unspecified atom stereocenters. The molecule has 0 saturated carbocycles. The number of rotatable bonds is 3. The lowest BCUT2D eigenvalue weighted by atomic mass is 10.2. The van der Waals surface area contributed by atoms with Gasteiger partial charge in [0.25, 0.3) is 5.56 Å². The van der Waals surface area contributed by atoms with E-state index >= 15 is 0 Å². The second-order valence-electron chi connectivity index (χ2n) is 3.79. The Labute approximate surface area is 112 Å². The van der Waals surface area contributed by atoms with Crippen LogP contribution >= 0.6 is 22.9 Å². The van der Waals surface area contributed by atoms with E-state index in [2.05, 4.69) is 10.3 Å². The summed E-state index contributed by atoms with van der Waals surface area (Å²) in [5.41, 5.74) is 1.04. The number of aromatic nitrogens is 2. The number of fused-ring (bicyclic) bond motifs is 1. The van der Waals surface area contributed by atoms with Crippen molar-refractivity contribution in [1.82, 2.24) is 14.7 Å². The van der Waals surface area contributed by atoms with Crippen LogP contribution in [0.15, 0.2) is 10.9 Å². The van der Waals surface area contributed by atoms with Gasteiger partial charge in [-0.05, 0) is 6.92 Å². The quantitative estimate of drug-likeness (QED) is 0.859. The fourth-order valence-electron chi connectivity index (χ4n) is 1.69. The number of carbonyl (C=O) groups excluding carboxylic acids is 1. The Morgan fingerprint density at radius 2 is 2.33 bits per heavy atom. The molecule has 1 amide bonds. The Morgan fingerprint density at radius 3 is 2.94 bits per heavy atom. The summed E-state index contributed by atoms with van der Waals surface area (Å²) in [6.45, 7) is 1.87. The minimum absolute atomic E-state index is 0.133. The van der Waals surface area contributed by atoms with Gasteiger partial charge in [0.15, 0.2) is 4.96 Å². The predicted molar refractivity (Wildman–Crippen MR) is 71.4 cm³/mol. The maximum atomic E-state index is 12.0. The van der Waals surface area contributed by atoms with Crippen LogP contribution in [-0.2, 0) is 17.1 Å². The van der Waals surface area contributed by atoms with Gasteiger partial charge in [0.05, 0.1) is 23.7 Å². The number of amides is 1. The molecule has 7 heteroatoms. The number of halogens is 1. The number of nitrogens with one attached hydrogen (secondary N) is 1. The molecule has 0 aliphatic heterocycles. The molecule has 5 nitrogen and oxygen atoms in total. The highest BCUT2D eigenvalue weighted by Crippen LogP contribution is 2.20. The summed E-state index contributed by atoms with van der Waals surface area (Å²) in [4.78, 5) is 29.2. The molecule has 0 atom stereocenters. The topological polar surface area (TPSA) is 63.5 Å². The molecule has 0 bridgehead atoms. The number of alkyl halides is 1. The van der Waals surface area contributed by atoms with E-state index in [9.17, 15) is 9.59 Å². The van der Waals surface area contributed by atoms with Crippen LogP contribution < -0.4 is 10.9 Å². The summed E-state index contributed by atoms with van der Waals surface area (Å²) in [5, 5.41) is 2.55. The van der Waals surface area contributed by atoms with Crippen LogP contribution in [-0.4, -0.2) is 22.3 Å². The van der Waals surface area contributed by atoms with Gasteiger partial charge in [-0.2, -0.15) is 0 Å². The third-order valence-corrected chi connectivity index (χ3v) is 3.88. The summed E-state index contributed by atoms with van der Waals surface area (Å²) in [6.07, 6.45) is 0.171. The third kappa shape index (κ3) is 2.26. The summed E-state index contributed by atoms with van der Waals surface area (Å²) in [5.74, 6) is 0.0686. The second-order valence-corrected chi connectivity index (χ2v) is 5.24. The van der Waals surface area contributed by atoms with E-state index in [0.717, 1.165) is 4.88 Å². The van der Waals surface area contributed by atoms with Gasteiger partial charge in [-0.3, -0.25) is 14.0 Å². The first-order chi connectivity index (χ1) is 8.56. The lowest BCUT2D eigenvalue weighted by molar-refractivity contribution is -0.120. The number of hydrogen-bond acceptors (Lipinski definition) is 4. The molecule has 0 saturated heterocycles.